The Hall–Kier alpha value is -3.40. The summed E-state index contributed by atoms with van der Waals surface area (Å²) in [5, 5.41) is 14.1. The maximum atomic E-state index is 13.6. The molecule has 210 valence electrons. The molecule has 2 atom stereocenters. The summed E-state index contributed by atoms with van der Waals surface area (Å²) >= 11 is 0. The predicted octanol–water partition coefficient (Wildman–Crippen LogP) is 4.63. The second kappa shape index (κ2) is 14.7. The molecule has 0 spiro atoms. The van der Waals surface area contributed by atoms with E-state index < -0.39 is 28.3 Å². The molecule has 8 nitrogen and oxygen atoms in total. The molecule has 0 aliphatic rings. The lowest BCUT2D eigenvalue weighted by Gasteiger charge is -2.30. The molecule has 3 aromatic carbocycles. The van der Waals surface area contributed by atoms with E-state index in [-0.39, 0.29) is 30.5 Å². The summed E-state index contributed by atoms with van der Waals surface area (Å²) in [7, 11) is -3.93. The number of rotatable bonds is 14. The fourth-order valence-corrected chi connectivity index (χ4v) is 5.73. The van der Waals surface area contributed by atoms with E-state index in [2.05, 4.69) is 5.32 Å². The Balaban J connectivity index is 1.79. The van der Waals surface area contributed by atoms with Gasteiger partial charge in [-0.3, -0.25) is 0 Å². The fraction of sp³-hybridized carbons (Fsp3) is 0.367. The van der Waals surface area contributed by atoms with Crippen LogP contribution < -0.4 is 10.1 Å². The van der Waals surface area contributed by atoms with Crippen LogP contribution in [0.3, 0.4) is 0 Å². The van der Waals surface area contributed by atoms with Crippen molar-refractivity contribution in [1.29, 1.82) is 0 Å². The molecule has 0 heterocycles. The van der Waals surface area contributed by atoms with Gasteiger partial charge >= 0.3 is 6.09 Å². The van der Waals surface area contributed by atoms with Gasteiger partial charge in [0.15, 0.2) is 0 Å². The number of aliphatic hydroxyl groups is 1. The molecule has 9 heteroatoms. The van der Waals surface area contributed by atoms with E-state index in [0.29, 0.717) is 18.8 Å². The quantitative estimate of drug-likeness (QED) is 0.301. The number of nitrogens with one attached hydrogen (secondary N) is 1. The Bertz CT molecular complexity index is 1250. The lowest BCUT2D eigenvalue weighted by Crippen LogP contribution is -2.51. The molecule has 1 amide bonds. The zero-order valence-electron chi connectivity index (χ0n) is 22.7. The zero-order chi connectivity index (χ0) is 28.3. The van der Waals surface area contributed by atoms with Crippen molar-refractivity contribution in [2.24, 2.45) is 5.92 Å². The predicted molar refractivity (Wildman–Crippen MR) is 151 cm³/mol. The zero-order valence-corrected chi connectivity index (χ0v) is 23.5. The molecule has 0 radical (unpaired) electrons. The van der Waals surface area contributed by atoms with Gasteiger partial charge < -0.3 is 19.9 Å². The van der Waals surface area contributed by atoms with E-state index in [0.717, 1.165) is 11.1 Å². The topological polar surface area (TPSA) is 105 Å². The molecule has 2 N–H and O–H groups in total. The van der Waals surface area contributed by atoms with E-state index in [4.69, 9.17) is 9.47 Å². The fourth-order valence-electron chi connectivity index (χ4n) is 4.10. The first-order valence-electron chi connectivity index (χ1n) is 13.1. The maximum Gasteiger partial charge on any atom is 0.407 e. The van der Waals surface area contributed by atoms with Crippen molar-refractivity contribution in [1.82, 2.24) is 9.62 Å². The van der Waals surface area contributed by atoms with Crippen LogP contribution in [0.4, 0.5) is 4.79 Å². The van der Waals surface area contributed by atoms with Crippen LogP contribution in [0.1, 0.15) is 31.9 Å². The van der Waals surface area contributed by atoms with Crippen LogP contribution in [0.2, 0.25) is 0 Å². The SMILES string of the molecule is CCOc1ccc(S(=O)(=O)N(CC(C)C)C[C@@H](O)[C@H](Cc2ccccc2)NC(=O)OCc2ccccc2)cc1. The van der Waals surface area contributed by atoms with Crippen LogP contribution in [0.15, 0.2) is 89.8 Å². The van der Waals surface area contributed by atoms with E-state index >= 15 is 0 Å². The standard InChI is InChI=1S/C30H38N2O6S/c1-4-37-26-15-17-27(18-16-26)39(35,36)32(20-23(2)3)21-29(33)28(19-24-11-7-5-8-12-24)31-30(34)38-22-25-13-9-6-10-14-25/h5-18,23,28-29,33H,4,19-22H2,1-3H3,(H,31,34)/t28-,29+/m0/s1. The first-order chi connectivity index (χ1) is 18.7. The minimum absolute atomic E-state index is 0.00560. The van der Waals surface area contributed by atoms with Gasteiger partial charge in [0.2, 0.25) is 10.0 Å². The number of alkyl carbamates (subject to hydrolysis) is 1. The third kappa shape index (κ3) is 9.38. The minimum Gasteiger partial charge on any atom is -0.494 e. The van der Waals surface area contributed by atoms with Crippen molar-refractivity contribution in [3.05, 3.63) is 96.1 Å². The summed E-state index contributed by atoms with van der Waals surface area (Å²) in [6, 6.07) is 24.1. The average molecular weight is 555 g/mol. The molecule has 0 fully saturated rings. The van der Waals surface area contributed by atoms with Gasteiger partial charge in [-0.25, -0.2) is 13.2 Å². The van der Waals surface area contributed by atoms with E-state index in [1.165, 1.54) is 16.4 Å². The first-order valence-corrected chi connectivity index (χ1v) is 14.5. The summed E-state index contributed by atoms with van der Waals surface area (Å²) < 4.78 is 39.3. The molecule has 39 heavy (non-hydrogen) atoms. The molecule has 0 aromatic heterocycles. The Morgan fingerprint density at radius 2 is 1.49 bits per heavy atom. The number of aliphatic hydroxyl groups excluding tert-OH is 1. The summed E-state index contributed by atoms with van der Waals surface area (Å²) in [5.41, 5.74) is 1.71. The van der Waals surface area contributed by atoms with Crippen LogP contribution in [-0.2, 0) is 27.8 Å². The van der Waals surface area contributed by atoms with Crippen molar-refractivity contribution in [3.8, 4) is 5.75 Å². The first kappa shape index (κ1) is 30.1. The van der Waals surface area contributed by atoms with Crippen LogP contribution in [0.5, 0.6) is 5.75 Å². The Kier molecular flexibility index (Phi) is 11.3. The highest BCUT2D eigenvalue weighted by molar-refractivity contribution is 7.89. The third-order valence-corrected chi connectivity index (χ3v) is 7.86. The highest BCUT2D eigenvalue weighted by atomic mass is 32.2. The van der Waals surface area contributed by atoms with Gasteiger partial charge in [0.25, 0.3) is 0 Å². The van der Waals surface area contributed by atoms with Gasteiger partial charge in [-0.15, -0.1) is 0 Å². The van der Waals surface area contributed by atoms with Crippen LogP contribution >= 0.6 is 0 Å². The lowest BCUT2D eigenvalue weighted by molar-refractivity contribution is 0.0873. The minimum atomic E-state index is -3.93. The molecule has 0 saturated heterocycles. The highest BCUT2D eigenvalue weighted by Crippen LogP contribution is 2.22. The molecular formula is C30H38N2O6S. The largest absolute Gasteiger partial charge is 0.494 e. The van der Waals surface area contributed by atoms with E-state index in [9.17, 15) is 18.3 Å². The maximum absolute atomic E-state index is 13.6. The number of amides is 1. The molecule has 3 aromatic rings. The molecule has 0 bridgehead atoms. The van der Waals surface area contributed by atoms with Gasteiger partial charge in [0, 0.05) is 13.1 Å². The molecule has 0 aliphatic heterocycles. The van der Waals surface area contributed by atoms with Gasteiger partial charge in [0.05, 0.1) is 23.6 Å². The van der Waals surface area contributed by atoms with Crippen LogP contribution in [-0.4, -0.2) is 55.8 Å². The average Bonchev–Trinajstić information content (AvgIpc) is 2.92. The van der Waals surface area contributed by atoms with E-state index in [1.54, 1.807) is 12.1 Å². The third-order valence-electron chi connectivity index (χ3n) is 6.01. The molecule has 0 saturated carbocycles. The lowest BCUT2D eigenvalue weighted by atomic mass is 10.0. The van der Waals surface area contributed by atoms with Gasteiger partial charge in [-0.05, 0) is 54.7 Å². The van der Waals surface area contributed by atoms with Crippen LogP contribution in [0.25, 0.3) is 0 Å². The number of carbonyl (C=O) groups excluding carboxylic acids is 1. The van der Waals surface area contributed by atoms with Gasteiger partial charge in [-0.2, -0.15) is 4.31 Å². The van der Waals surface area contributed by atoms with Crippen molar-refractivity contribution in [2.45, 2.75) is 50.8 Å². The van der Waals surface area contributed by atoms with Crippen molar-refractivity contribution >= 4 is 16.1 Å². The summed E-state index contributed by atoms with van der Waals surface area (Å²) in [6.45, 7) is 6.22. The van der Waals surface area contributed by atoms with Crippen LogP contribution in [0, 0.1) is 5.92 Å². The number of carbonyl (C=O) groups is 1. The number of hydrogen-bond acceptors (Lipinski definition) is 6. The Labute approximate surface area is 231 Å². The smallest absolute Gasteiger partial charge is 0.407 e. The van der Waals surface area contributed by atoms with Gasteiger partial charge in [-0.1, -0.05) is 74.5 Å². The molecule has 3 rings (SSSR count). The molecule has 0 aliphatic carbocycles. The summed E-state index contributed by atoms with van der Waals surface area (Å²) in [4.78, 5) is 12.8. The summed E-state index contributed by atoms with van der Waals surface area (Å²) in [6.07, 6.45) is -1.60. The van der Waals surface area contributed by atoms with Gasteiger partial charge in [0.1, 0.15) is 12.4 Å². The number of sulfonamides is 1. The van der Waals surface area contributed by atoms with Crippen molar-refractivity contribution < 1.29 is 27.8 Å². The summed E-state index contributed by atoms with van der Waals surface area (Å²) in [5.74, 6) is 0.582. The number of benzene rings is 3. The second-order valence-corrected chi connectivity index (χ2v) is 11.6. The second-order valence-electron chi connectivity index (χ2n) is 9.69. The monoisotopic (exact) mass is 554 g/mol. The van der Waals surface area contributed by atoms with Crippen molar-refractivity contribution in [3.63, 3.8) is 0 Å². The highest BCUT2D eigenvalue weighted by Gasteiger charge is 2.31. The number of ether oxygens (including phenoxy) is 2. The normalized spacial score (nSPS) is 13.2. The molecular weight excluding hydrogens is 516 g/mol. The van der Waals surface area contributed by atoms with Crippen molar-refractivity contribution in [2.75, 3.05) is 19.7 Å². The Morgan fingerprint density at radius 3 is 2.05 bits per heavy atom. The van der Waals surface area contributed by atoms with E-state index in [1.807, 2.05) is 81.4 Å². The number of hydrogen-bond donors (Lipinski definition) is 2. The molecule has 0 unspecified atom stereocenters. The Morgan fingerprint density at radius 1 is 0.897 bits per heavy atom. The number of nitrogens with zero attached hydrogens (tertiary/aromatic N) is 1.